The van der Waals surface area contributed by atoms with Crippen molar-refractivity contribution in [1.29, 1.82) is 0 Å². The van der Waals surface area contributed by atoms with Crippen LogP contribution in [-0.4, -0.2) is 18.8 Å². The number of amides is 1. The number of carbonyl (C=O) groups is 2. The molecule has 2 aromatic carbocycles. The molecule has 31 heavy (non-hydrogen) atoms. The molecule has 0 radical (unpaired) electrons. The predicted molar refractivity (Wildman–Crippen MR) is 120 cm³/mol. The van der Waals surface area contributed by atoms with Crippen LogP contribution in [0.2, 0.25) is 0 Å². The van der Waals surface area contributed by atoms with Gasteiger partial charge in [0.05, 0.1) is 12.7 Å². The number of methoxy groups -OCH3 is 1. The van der Waals surface area contributed by atoms with Crippen molar-refractivity contribution in [3.05, 3.63) is 82.8 Å². The number of para-hydroxylation sites is 1. The number of anilines is 1. The van der Waals surface area contributed by atoms with Gasteiger partial charge in [-0.2, -0.15) is 0 Å². The van der Waals surface area contributed by atoms with Gasteiger partial charge in [-0.25, -0.2) is 0 Å². The Balaban J connectivity index is 1.80. The molecule has 0 aromatic heterocycles. The minimum atomic E-state index is -0.484. The van der Waals surface area contributed by atoms with Crippen LogP contribution in [0, 0.1) is 5.41 Å². The lowest BCUT2D eigenvalue weighted by molar-refractivity contribution is -0.119. The van der Waals surface area contributed by atoms with E-state index in [1.165, 1.54) is 0 Å². The van der Waals surface area contributed by atoms with Gasteiger partial charge in [0, 0.05) is 30.0 Å². The van der Waals surface area contributed by atoms with Crippen LogP contribution in [0.3, 0.4) is 0 Å². The Labute approximate surface area is 182 Å². The van der Waals surface area contributed by atoms with Gasteiger partial charge >= 0.3 is 0 Å². The number of allylic oxidation sites excluding steroid dienone is 3. The molecule has 2 aromatic rings. The van der Waals surface area contributed by atoms with Crippen LogP contribution in [0.25, 0.3) is 0 Å². The first-order valence-corrected chi connectivity index (χ1v) is 10.4. The lowest BCUT2D eigenvalue weighted by Gasteiger charge is -2.38. The molecule has 2 aliphatic rings. The summed E-state index contributed by atoms with van der Waals surface area (Å²) in [6, 6.07) is 16.8. The largest absolute Gasteiger partial charge is 0.497 e. The Morgan fingerprint density at radius 2 is 1.74 bits per heavy atom. The summed E-state index contributed by atoms with van der Waals surface area (Å²) in [6.07, 6.45) is 1.08. The van der Waals surface area contributed by atoms with Gasteiger partial charge in [0.1, 0.15) is 17.3 Å². The van der Waals surface area contributed by atoms with Crippen molar-refractivity contribution in [2.45, 2.75) is 39.5 Å². The number of carbonyl (C=O) groups excluding carboxylic acids is 2. The maximum atomic E-state index is 13.4. The van der Waals surface area contributed by atoms with E-state index in [9.17, 15) is 9.59 Å². The van der Waals surface area contributed by atoms with Crippen LogP contribution in [0.5, 0.6) is 5.75 Å². The number of rotatable bonds is 4. The zero-order valence-corrected chi connectivity index (χ0v) is 18.3. The second kappa shape index (κ2) is 8.06. The van der Waals surface area contributed by atoms with Crippen LogP contribution in [0.4, 0.5) is 5.69 Å². The van der Waals surface area contributed by atoms with Gasteiger partial charge in [-0.3, -0.25) is 9.59 Å². The number of benzene rings is 2. The van der Waals surface area contributed by atoms with E-state index >= 15 is 0 Å². The summed E-state index contributed by atoms with van der Waals surface area (Å²) in [5.74, 6) is 1.20. The van der Waals surface area contributed by atoms with Gasteiger partial charge in [-0.15, -0.1) is 0 Å². The molecule has 0 spiro atoms. The summed E-state index contributed by atoms with van der Waals surface area (Å²) >= 11 is 0. The SMILES string of the molecule is COc1ccc(C2C(C(=O)Nc3ccccc3)=C(C)OC3=C2C(=O)CC(C)(C)C3)cc1. The van der Waals surface area contributed by atoms with Gasteiger partial charge in [0.2, 0.25) is 0 Å². The molecule has 0 saturated carbocycles. The Kier molecular flexibility index (Phi) is 5.44. The first-order valence-electron chi connectivity index (χ1n) is 10.4. The zero-order valence-electron chi connectivity index (χ0n) is 18.3. The molecular formula is C26H27NO4. The Morgan fingerprint density at radius 3 is 2.39 bits per heavy atom. The monoisotopic (exact) mass is 417 g/mol. The average molecular weight is 418 g/mol. The van der Waals surface area contributed by atoms with Crippen molar-refractivity contribution in [2.75, 3.05) is 12.4 Å². The van der Waals surface area contributed by atoms with Crippen LogP contribution in [0.1, 0.15) is 45.1 Å². The number of ether oxygens (including phenoxy) is 2. The standard InChI is InChI=1S/C26H27NO4/c1-16-22(25(29)27-18-8-6-5-7-9-18)23(17-10-12-19(30-4)13-11-17)24-20(28)14-26(2,3)15-21(24)31-16/h5-13,23H,14-15H2,1-4H3,(H,27,29). The molecule has 0 fully saturated rings. The fourth-order valence-electron chi connectivity index (χ4n) is 4.42. The molecule has 1 amide bonds. The van der Waals surface area contributed by atoms with E-state index in [2.05, 4.69) is 19.2 Å². The molecule has 4 rings (SSSR count). The fraction of sp³-hybridized carbons (Fsp3) is 0.308. The van der Waals surface area contributed by atoms with Crippen LogP contribution in [-0.2, 0) is 14.3 Å². The second-order valence-corrected chi connectivity index (χ2v) is 8.88. The van der Waals surface area contributed by atoms with Crippen LogP contribution in [0.15, 0.2) is 77.3 Å². The molecule has 0 saturated heterocycles. The minimum absolute atomic E-state index is 0.0320. The highest BCUT2D eigenvalue weighted by molar-refractivity contribution is 6.09. The summed E-state index contributed by atoms with van der Waals surface area (Å²) in [4.78, 5) is 26.7. The van der Waals surface area contributed by atoms with E-state index in [1.807, 2.05) is 54.6 Å². The highest BCUT2D eigenvalue weighted by Crippen LogP contribution is 2.49. The molecular weight excluding hydrogens is 390 g/mol. The predicted octanol–water partition coefficient (Wildman–Crippen LogP) is 5.36. The number of nitrogens with one attached hydrogen (secondary N) is 1. The molecule has 1 atom stereocenters. The van der Waals surface area contributed by atoms with E-state index in [-0.39, 0.29) is 17.1 Å². The molecule has 0 bridgehead atoms. The smallest absolute Gasteiger partial charge is 0.255 e. The van der Waals surface area contributed by atoms with E-state index < -0.39 is 5.92 Å². The molecule has 1 unspecified atom stereocenters. The normalized spacial score (nSPS) is 20.1. The van der Waals surface area contributed by atoms with Gasteiger partial charge in [-0.1, -0.05) is 44.2 Å². The number of hydrogen-bond donors (Lipinski definition) is 1. The maximum Gasteiger partial charge on any atom is 0.255 e. The first-order chi connectivity index (χ1) is 14.8. The summed E-state index contributed by atoms with van der Waals surface area (Å²) in [6.45, 7) is 5.93. The molecule has 1 N–H and O–H groups in total. The van der Waals surface area contributed by atoms with Gasteiger partial charge in [0.15, 0.2) is 5.78 Å². The van der Waals surface area contributed by atoms with Crippen molar-refractivity contribution in [3.8, 4) is 5.75 Å². The summed E-state index contributed by atoms with van der Waals surface area (Å²) in [7, 11) is 1.61. The number of hydrogen-bond acceptors (Lipinski definition) is 4. The Morgan fingerprint density at radius 1 is 1.06 bits per heavy atom. The van der Waals surface area contributed by atoms with Crippen molar-refractivity contribution in [2.24, 2.45) is 5.41 Å². The van der Waals surface area contributed by atoms with Crippen molar-refractivity contribution in [1.82, 2.24) is 0 Å². The quantitative estimate of drug-likeness (QED) is 0.727. The molecule has 1 aliphatic heterocycles. The van der Waals surface area contributed by atoms with E-state index in [0.29, 0.717) is 41.2 Å². The van der Waals surface area contributed by atoms with E-state index in [0.717, 1.165) is 11.3 Å². The maximum absolute atomic E-state index is 13.4. The highest BCUT2D eigenvalue weighted by atomic mass is 16.5. The van der Waals surface area contributed by atoms with E-state index in [1.54, 1.807) is 14.0 Å². The van der Waals surface area contributed by atoms with Crippen molar-refractivity contribution < 1.29 is 19.1 Å². The highest BCUT2D eigenvalue weighted by Gasteiger charge is 2.44. The zero-order chi connectivity index (χ0) is 22.2. The third-order valence-electron chi connectivity index (χ3n) is 5.84. The third-order valence-corrected chi connectivity index (χ3v) is 5.84. The topological polar surface area (TPSA) is 64.6 Å². The van der Waals surface area contributed by atoms with Gasteiger partial charge in [-0.05, 0) is 42.2 Å². The van der Waals surface area contributed by atoms with E-state index in [4.69, 9.17) is 9.47 Å². The molecule has 1 heterocycles. The summed E-state index contributed by atoms with van der Waals surface area (Å²) in [5, 5.41) is 2.96. The van der Waals surface area contributed by atoms with Crippen LogP contribution < -0.4 is 10.1 Å². The summed E-state index contributed by atoms with van der Waals surface area (Å²) < 4.78 is 11.4. The second-order valence-electron chi connectivity index (χ2n) is 8.88. The minimum Gasteiger partial charge on any atom is -0.497 e. The Bertz CT molecular complexity index is 1080. The first kappa shape index (κ1) is 20.9. The summed E-state index contributed by atoms with van der Waals surface area (Å²) in [5.41, 5.74) is 2.43. The molecule has 1 aliphatic carbocycles. The lowest BCUT2D eigenvalue weighted by atomic mass is 9.69. The van der Waals surface area contributed by atoms with Crippen LogP contribution >= 0.6 is 0 Å². The third kappa shape index (κ3) is 4.13. The molecule has 5 heteroatoms. The van der Waals surface area contributed by atoms with Gasteiger partial charge in [0.25, 0.3) is 5.91 Å². The number of Topliss-reactive ketones (excluding diaryl/α,β-unsaturated/α-hetero) is 1. The number of ketones is 1. The molecule has 160 valence electrons. The Hall–Kier alpha value is -3.34. The van der Waals surface area contributed by atoms with Gasteiger partial charge < -0.3 is 14.8 Å². The lowest BCUT2D eigenvalue weighted by Crippen LogP contribution is -2.34. The molecule has 5 nitrogen and oxygen atoms in total. The average Bonchev–Trinajstić information content (AvgIpc) is 2.72. The van der Waals surface area contributed by atoms with Crippen molar-refractivity contribution >= 4 is 17.4 Å². The van der Waals surface area contributed by atoms with Crippen molar-refractivity contribution in [3.63, 3.8) is 0 Å². The fourth-order valence-corrected chi connectivity index (χ4v) is 4.42.